The lowest BCUT2D eigenvalue weighted by Crippen LogP contribution is -2.10. The van der Waals surface area contributed by atoms with Gasteiger partial charge in [0.2, 0.25) is 0 Å². The highest BCUT2D eigenvalue weighted by molar-refractivity contribution is 6.18. The zero-order valence-electron chi connectivity index (χ0n) is 25.0. The zero-order chi connectivity index (χ0) is 30.5. The Morgan fingerprint density at radius 2 is 1.17 bits per heavy atom. The van der Waals surface area contributed by atoms with Crippen LogP contribution in [0.2, 0.25) is 0 Å². The topological polar surface area (TPSA) is 29.3 Å². The number of rotatable bonds is 5. The summed E-state index contributed by atoms with van der Waals surface area (Å²) < 4.78 is 6.48. The second-order valence-corrected chi connectivity index (χ2v) is 11.6. The van der Waals surface area contributed by atoms with Crippen LogP contribution in [0.3, 0.4) is 0 Å². The van der Waals surface area contributed by atoms with Gasteiger partial charge in [-0.25, -0.2) is 0 Å². The Bertz CT molecular complexity index is 2530. The fraction of sp³-hybridized carbons (Fsp3) is 0. The molecule has 0 atom stereocenters. The third-order valence-electron chi connectivity index (χ3n) is 8.90. The summed E-state index contributed by atoms with van der Waals surface area (Å²) >= 11 is 0. The third-order valence-corrected chi connectivity index (χ3v) is 8.90. The number of hydrogen-bond donors (Lipinski definition) is 0. The molecule has 0 amide bonds. The molecule has 3 heteroatoms. The van der Waals surface area contributed by atoms with Gasteiger partial charge in [0.1, 0.15) is 11.2 Å². The lowest BCUT2D eigenvalue weighted by molar-refractivity contribution is 0.669. The van der Waals surface area contributed by atoms with E-state index >= 15 is 0 Å². The third kappa shape index (κ3) is 4.41. The molecule has 216 valence electrons. The van der Waals surface area contributed by atoms with Gasteiger partial charge in [-0.15, -0.1) is 0 Å². The predicted octanol–water partition coefficient (Wildman–Crippen LogP) is 12.1. The minimum Gasteiger partial charge on any atom is -0.456 e. The number of benzene rings is 7. The molecule has 0 N–H and O–H groups in total. The standard InChI is InChI=1S/C43H28N2O/c1-2-9-29(10-3-1)32-13-6-14-34(27-32)45(33-20-18-31(19-21-33)37-16-7-12-30-11-4-5-15-36(30)37)35-22-23-39-42(28-35)46-41-25-24-40-38(43(39)41)17-8-26-44-40/h1-28H. The molecule has 0 aliphatic rings. The van der Waals surface area contributed by atoms with Crippen LogP contribution in [0.15, 0.2) is 174 Å². The summed E-state index contributed by atoms with van der Waals surface area (Å²) in [5.41, 5.74) is 10.6. The van der Waals surface area contributed by atoms with E-state index in [2.05, 4.69) is 155 Å². The molecular formula is C43H28N2O. The first-order valence-corrected chi connectivity index (χ1v) is 15.5. The minimum atomic E-state index is 0.848. The number of hydrogen-bond acceptors (Lipinski definition) is 3. The second-order valence-electron chi connectivity index (χ2n) is 11.6. The van der Waals surface area contributed by atoms with Crippen molar-refractivity contribution >= 4 is 60.7 Å². The maximum absolute atomic E-state index is 6.48. The van der Waals surface area contributed by atoms with Crippen molar-refractivity contribution in [3.63, 3.8) is 0 Å². The summed E-state index contributed by atoms with van der Waals surface area (Å²) in [6, 6.07) is 57.9. The Kier molecular flexibility index (Phi) is 6.14. The molecule has 0 aliphatic heterocycles. The van der Waals surface area contributed by atoms with Gasteiger partial charge in [0.05, 0.1) is 5.52 Å². The number of aromatic nitrogens is 1. The van der Waals surface area contributed by atoms with Gasteiger partial charge >= 0.3 is 0 Å². The molecule has 46 heavy (non-hydrogen) atoms. The smallest absolute Gasteiger partial charge is 0.137 e. The second kappa shape index (κ2) is 10.8. The van der Waals surface area contributed by atoms with Crippen molar-refractivity contribution in [1.82, 2.24) is 4.98 Å². The van der Waals surface area contributed by atoms with Crippen LogP contribution in [0.4, 0.5) is 17.1 Å². The van der Waals surface area contributed by atoms with Crippen molar-refractivity contribution in [2.45, 2.75) is 0 Å². The van der Waals surface area contributed by atoms with Crippen molar-refractivity contribution < 1.29 is 4.42 Å². The van der Waals surface area contributed by atoms with Crippen LogP contribution in [0.1, 0.15) is 0 Å². The van der Waals surface area contributed by atoms with Gasteiger partial charge in [0, 0.05) is 45.5 Å². The Morgan fingerprint density at radius 1 is 0.435 bits per heavy atom. The monoisotopic (exact) mass is 588 g/mol. The Labute approximate surface area is 266 Å². The molecule has 0 bridgehead atoms. The van der Waals surface area contributed by atoms with E-state index in [0.717, 1.165) is 49.9 Å². The van der Waals surface area contributed by atoms with Crippen molar-refractivity contribution in [2.75, 3.05) is 4.90 Å². The zero-order valence-corrected chi connectivity index (χ0v) is 25.0. The quantitative estimate of drug-likeness (QED) is 0.200. The lowest BCUT2D eigenvalue weighted by atomic mass is 9.98. The molecule has 3 nitrogen and oxygen atoms in total. The minimum absolute atomic E-state index is 0.848. The maximum Gasteiger partial charge on any atom is 0.137 e. The highest BCUT2D eigenvalue weighted by Crippen LogP contribution is 2.41. The molecular weight excluding hydrogens is 560 g/mol. The Morgan fingerprint density at radius 3 is 2.09 bits per heavy atom. The number of furan rings is 1. The summed E-state index contributed by atoms with van der Waals surface area (Å²) in [6.07, 6.45) is 1.83. The molecule has 0 saturated heterocycles. The van der Waals surface area contributed by atoms with Gasteiger partial charge in [-0.3, -0.25) is 4.98 Å². The van der Waals surface area contributed by atoms with E-state index in [-0.39, 0.29) is 0 Å². The Balaban J connectivity index is 1.21. The van der Waals surface area contributed by atoms with E-state index in [1.165, 1.54) is 33.0 Å². The van der Waals surface area contributed by atoms with Gasteiger partial charge in [-0.1, -0.05) is 103 Å². The number of nitrogens with zero attached hydrogens (tertiary/aromatic N) is 2. The average molecular weight is 589 g/mol. The predicted molar refractivity (Wildman–Crippen MR) is 192 cm³/mol. The van der Waals surface area contributed by atoms with Gasteiger partial charge in [-0.2, -0.15) is 0 Å². The van der Waals surface area contributed by atoms with E-state index in [1.54, 1.807) is 0 Å². The van der Waals surface area contributed by atoms with Gasteiger partial charge in [0.15, 0.2) is 0 Å². The van der Waals surface area contributed by atoms with Crippen LogP contribution in [0.25, 0.3) is 65.9 Å². The van der Waals surface area contributed by atoms with E-state index in [4.69, 9.17) is 4.42 Å². The first kappa shape index (κ1) is 26.2. The summed E-state index contributed by atoms with van der Waals surface area (Å²) in [5, 5.41) is 5.78. The fourth-order valence-corrected chi connectivity index (χ4v) is 6.72. The highest BCUT2D eigenvalue weighted by Gasteiger charge is 2.18. The summed E-state index contributed by atoms with van der Waals surface area (Å²) in [6.45, 7) is 0. The van der Waals surface area contributed by atoms with Crippen LogP contribution in [0.5, 0.6) is 0 Å². The van der Waals surface area contributed by atoms with Crippen LogP contribution >= 0.6 is 0 Å². The van der Waals surface area contributed by atoms with Crippen molar-refractivity contribution in [3.8, 4) is 22.3 Å². The summed E-state index contributed by atoms with van der Waals surface area (Å²) in [4.78, 5) is 6.88. The molecule has 0 spiro atoms. The molecule has 9 rings (SSSR count). The molecule has 0 aliphatic carbocycles. The average Bonchev–Trinajstić information content (AvgIpc) is 3.51. The maximum atomic E-state index is 6.48. The van der Waals surface area contributed by atoms with Crippen LogP contribution < -0.4 is 4.90 Å². The normalized spacial score (nSPS) is 11.5. The molecule has 9 aromatic rings. The number of anilines is 3. The fourth-order valence-electron chi connectivity index (χ4n) is 6.72. The largest absolute Gasteiger partial charge is 0.456 e. The van der Waals surface area contributed by atoms with E-state index in [0.29, 0.717) is 0 Å². The molecule has 0 saturated carbocycles. The Hall–Kier alpha value is -6.19. The van der Waals surface area contributed by atoms with Gasteiger partial charge in [-0.05, 0) is 87.6 Å². The molecule has 2 heterocycles. The first-order chi connectivity index (χ1) is 22.8. The van der Waals surface area contributed by atoms with Gasteiger partial charge in [0.25, 0.3) is 0 Å². The summed E-state index contributed by atoms with van der Waals surface area (Å²) in [5.74, 6) is 0. The molecule has 0 unspecified atom stereocenters. The van der Waals surface area contributed by atoms with Crippen molar-refractivity contribution in [1.29, 1.82) is 0 Å². The molecule has 2 aromatic heterocycles. The highest BCUT2D eigenvalue weighted by atomic mass is 16.3. The molecule has 0 radical (unpaired) electrons. The lowest BCUT2D eigenvalue weighted by Gasteiger charge is -2.26. The SMILES string of the molecule is c1ccc(-c2cccc(N(c3ccc(-c4cccc5ccccc45)cc3)c3ccc4c(c3)oc3ccc5ncccc5c34)c2)cc1. The molecule has 0 fully saturated rings. The van der Waals surface area contributed by atoms with E-state index in [1.807, 2.05) is 24.4 Å². The van der Waals surface area contributed by atoms with Gasteiger partial charge < -0.3 is 9.32 Å². The van der Waals surface area contributed by atoms with E-state index in [9.17, 15) is 0 Å². The molecule has 7 aromatic carbocycles. The number of pyridine rings is 1. The van der Waals surface area contributed by atoms with Crippen molar-refractivity contribution in [2.24, 2.45) is 0 Å². The van der Waals surface area contributed by atoms with Crippen LogP contribution in [-0.2, 0) is 0 Å². The van der Waals surface area contributed by atoms with Crippen molar-refractivity contribution in [3.05, 3.63) is 170 Å². The van der Waals surface area contributed by atoms with Crippen LogP contribution in [-0.4, -0.2) is 4.98 Å². The van der Waals surface area contributed by atoms with E-state index < -0.39 is 0 Å². The van der Waals surface area contributed by atoms with Crippen LogP contribution in [0, 0.1) is 0 Å². The summed E-state index contributed by atoms with van der Waals surface area (Å²) in [7, 11) is 0. The first-order valence-electron chi connectivity index (χ1n) is 15.5. The number of fused-ring (bicyclic) bond motifs is 6.